The van der Waals surface area contributed by atoms with Crippen LogP contribution in [0.2, 0.25) is 0 Å². The lowest BCUT2D eigenvalue weighted by atomic mass is 10.00. The van der Waals surface area contributed by atoms with Crippen molar-refractivity contribution in [3.8, 4) is 0 Å². The van der Waals surface area contributed by atoms with Gasteiger partial charge in [0.15, 0.2) is 0 Å². The van der Waals surface area contributed by atoms with Gasteiger partial charge in [0.05, 0.1) is 10.6 Å². The van der Waals surface area contributed by atoms with Gasteiger partial charge in [-0.1, -0.05) is 61.0 Å². The minimum atomic E-state index is -3.90. The highest BCUT2D eigenvalue weighted by atomic mass is 32.2. The van der Waals surface area contributed by atoms with Crippen LogP contribution in [0.1, 0.15) is 29.2 Å². The number of rotatable bonds is 6. The fourth-order valence-electron chi connectivity index (χ4n) is 3.98. The van der Waals surface area contributed by atoms with Crippen molar-refractivity contribution in [1.29, 1.82) is 0 Å². The van der Waals surface area contributed by atoms with Crippen LogP contribution in [-0.4, -0.2) is 32.3 Å². The number of benzene rings is 3. The van der Waals surface area contributed by atoms with Crippen molar-refractivity contribution in [3.05, 3.63) is 95.1 Å². The lowest BCUT2D eigenvalue weighted by Crippen LogP contribution is -2.44. The van der Waals surface area contributed by atoms with E-state index in [1.807, 2.05) is 44.2 Å². The van der Waals surface area contributed by atoms with Gasteiger partial charge in [0, 0.05) is 13.1 Å². The molecule has 3 aromatic rings. The second-order valence-corrected chi connectivity index (χ2v) is 10.0. The van der Waals surface area contributed by atoms with Crippen LogP contribution >= 0.6 is 0 Å². The van der Waals surface area contributed by atoms with Crippen LogP contribution in [0.25, 0.3) is 0 Å². The SMILES string of the molecule is CCc1ccc(N(CC(=O)N2CCc3ccccc3C2)S(=O)(=O)c2ccc(C)cc2)cc1. The number of anilines is 1. The van der Waals surface area contributed by atoms with Gasteiger partial charge < -0.3 is 4.90 Å². The van der Waals surface area contributed by atoms with Crippen LogP contribution < -0.4 is 4.31 Å². The van der Waals surface area contributed by atoms with E-state index >= 15 is 0 Å². The van der Waals surface area contributed by atoms with Crippen molar-refractivity contribution in [1.82, 2.24) is 4.90 Å². The summed E-state index contributed by atoms with van der Waals surface area (Å²) in [5.74, 6) is -0.199. The third-order valence-electron chi connectivity index (χ3n) is 6.00. The molecule has 166 valence electrons. The predicted molar refractivity (Wildman–Crippen MR) is 127 cm³/mol. The summed E-state index contributed by atoms with van der Waals surface area (Å²) in [5, 5.41) is 0. The quantitative estimate of drug-likeness (QED) is 0.564. The molecule has 0 aliphatic carbocycles. The second-order valence-electron chi connectivity index (χ2n) is 8.18. The monoisotopic (exact) mass is 448 g/mol. The largest absolute Gasteiger partial charge is 0.336 e. The number of carbonyl (C=O) groups is 1. The molecule has 0 spiro atoms. The Morgan fingerprint density at radius 1 is 0.938 bits per heavy atom. The molecular weight excluding hydrogens is 420 g/mol. The highest BCUT2D eigenvalue weighted by Gasteiger charge is 2.30. The average Bonchev–Trinajstić information content (AvgIpc) is 2.82. The number of fused-ring (bicyclic) bond motifs is 1. The van der Waals surface area contributed by atoms with Crippen LogP contribution in [0.5, 0.6) is 0 Å². The van der Waals surface area contributed by atoms with E-state index in [-0.39, 0.29) is 17.3 Å². The summed E-state index contributed by atoms with van der Waals surface area (Å²) in [6.07, 6.45) is 1.63. The van der Waals surface area contributed by atoms with E-state index in [1.54, 1.807) is 41.3 Å². The Kier molecular flexibility index (Phi) is 6.33. The first-order valence-electron chi connectivity index (χ1n) is 10.9. The van der Waals surface area contributed by atoms with Crippen molar-refractivity contribution in [2.75, 3.05) is 17.4 Å². The van der Waals surface area contributed by atoms with Crippen LogP contribution in [0.3, 0.4) is 0 Å². The number of hydrogen-bond donors (Lipinski definition) is 0. The molecule has 5 nitrogen and oxygen atoms in total. The molecule has 0 saturated heterocycles. The third-order valence-corrected chi connectivity index (χ3v) is 7.79. The Bertz CT molecular complexity index is 1200. The molecule has 1 aliphatic rings. The lowest BCUT2D eigenvalue weighted by Gasteiger charge is -2.32. The predicted octanol–water partition coefficient (Wildman–Crippen LogP) is 4.34. The topological polar surface area (TPSA) is 57.7 Å². The van der Waals surface area contributed by atoms with Crippen molar-refractivity contribution in [2.45, 2.75) is 38.1 Å². The third kappa shape index (κ3) is 4.55. The molecule has 6 heteroatoms. The van der Waals surface area contributed by atoms with Gasteiger partial charge in [0.2, 0.25) is 5.91 Å². The van der Waals surface area contributed by atoms with E-state index in [1.165, 1.54) is 9.87 Å². The van der Waals surface area contributed by atoms with Gasteiger partial charge in [0.1, 0.15) is 6.54 Å². The maximum atomic E-state index is 13.6. The molecule has 0 unspecified atom stereocenters. The summed E-state index contributed by atoms with van der Waals surface area (Å²) in [7, 11) is -3.90. The molecule has 1 amide bonds. The minimum absolute atomic E-state index is 0.180. The van der Waals surface area contributed by atoms with Gasteiger partial charge in [-0.05, 0) is 60.7 Å². The van der Waals surface area contributed by atoms with Gasteiger partial charge in [-0.25, -0.2) is 8.42 Å². The summed E-state index contributed by atoms with van der Waals surface area (Å²) in [6, 6.07) is 22.2. The summed E-state index contributed by atoms with van der Waals surface area (Å²) in [5.41, 5.74) is 4.95. The number of aryl methyl sites for hydroxylation is 2. The van der Waals surface area contributed by atoms with Crippen LogP contribution in [0, 0.1) is 6.92 Å². The van der Waals surface area contributed by atoms with E-state index in [2.05, 4.69) is 6.07 Å². The second kappa shape index (κ2) is 9.17. The van der Waals surface area contributed by atoms with Gasteiger partial charge >= 0.3 is 0 Å². The van der Waals surface area contributed by atoms with Gasteiger partial charge in [0.25, 0.3) is 10.0 Å². The van der Waals surface area contributed by atoms with Gasteiger partial charge in [-0.3, -0.25) is 9.10 Å². The first-order chi connectivity index (χ1) is 15.4. The first kappa shape index (κ1) is 22.1. The molecule has 0 radical (unpaired) electrons. The molecule has 0 saturated carbocycles. The summed E-state index contributed by atoms with van der Waals surface area (Å²) in [4.78, 5) is 15.2. The molecule has 3 aromatic carbocycles. The van der Waals surface area contributed by atoms with Crippen molar-refractivity contribution < 1.29 is 13.2 Å². The fourth-order valence-corrected chi connectivity index (χ4v) is 5.40. The molecule has 0 bridgehead atoms. The summed E-state index contributed by atoms with van der Waals surface area (Å²) >= 11 is 0. The summed E-state index contributed by atoms with van der Waals surface area (Å²) in [6.45, 7) is 4.82. The van der Waals surface area contributed by atoms with E-state index < -0.39 is 10.0 Å². The number of nitrogens with zero attached hydrogens (tertiary/aromatic N) is 2. The molecule has 32 heavy (non-hydrogen) atoms. The van der Waals surface area contributed by atoms with Crippen LogP contribution in [0.4, 0.5) is 5.69 Å². The molecule has 4 rings (SSSR count). The zero-order chi connectivity index (χ0) is 22.7. The van der Waals surface area contributed by atoms with Crippen molar-refractivity contribution in [2.24, 2.45) is 0 Å². The Labute approximate surface area is 190 Å². The lowest BCUT2D eigenvalue weighted by molar-refractivity contribution is -0.130. The first-order valence-corrected chi connectivity index (χ1v) is 12.4. The molecule has 1 heterocycles. The zero-order valence-electron chi connectivity index (χ0n) is 18.5. The molecular formula is C26H28N2O3S. The molecule has 0 fully saturated rings. The number of sulfonamides is 1. The van der Waals surface area contributed by atoms with Crippen molar-refractivity contribution >= 4 is 21.6 Å². The van der Waals surface area contributed by atoms with Crippen LogP contribution in [-0.2, 0) is 34.2 Å². The summed E-state index contributed by atoms with van der Waals surface area (Å²) < 4.78 is 28.4. The Balaban J connectivity index is 1.64. The smallest absolute Gasteiger partial charge is 0.264 e. The van der Waals surface area contributed by atoms with Crippen molar-refractivity contribution in [3.63, 3.8) is 0 Å². The Morgan fingerprint density at radius 2 is 1.59 bits per heavy atom. The van der Waals surface area contributed by atoms with Gasteiger partial charge in [-0.15, -0.1) is 0 Å². The minimum Gasteiger partial charge on any atom is -0.336 e. The number of hydrogen-bond acceptors (Lipinski definition) is 3. The number of carbonyl (C=O) groups excluding carboxylic acids is 1. The fraction of sp³-hybridized carbons (Fsp3) is 0.269. The number of amides is 1. The van der Waals surface area contributed by atoms with E-state index in [9.17, 15) is 13.2 Å². The van der Waals surface area contributed by atoms with E-state index in [0.717, 1.165) is 29.5 Å². The van der Waals surface area contributed by atoms with E-state index in [4.69, 9.17) is 0 Å². The highest BCUT2D eigenvalue weighted by molar-refractivity contribution is 7.92. The Morgan fingerprint density at radius 3 is 2.25 bits per heavy atom. The normalized spacial score (nSPS) is 13.5. The standard InChI is InChI=1S/C26H28N2O3S/c1-3-21-10-12-24(13-11-21)28(32(30,31)25-14-8-20(2)9-15-25)19-26(29)27-17-16-22-6-4-5-7-23(22)18-27/h4-15H,3,16-19H2,1-2H3. The molecule has 0 N–H and O–H groups in total. The highest BCUT2D eigenvalue weighted by Crippen LogP contribution is 2.26. The Hall–Kier alpha value is -3.12. The molecule has 0 atom stereocenters. The maximum Gasteiger partial charge on any atom is 0.264 e. The average molecular weight is 449 g/mol. The van der Waals surface area contributed by atoms with Gasteiger partial charge in [-0.2, -0.15) is 0 Å². The van der Waals surface area contributed by atoms with E-state index in [0.29, 0.717) is 18.8 Å². The molecule has 0 aromatic heterocycles. The molecule has 1 aliphatic heterocycles. The maximum absolute atomic E-state index is 13.6. The van der Waals surface area contributed by atoms with Crippen LogP contribution in [0.15, 0.2) is 77.7 Å². The zero-order valence-corrected chi connectivity index (χ0v) is 19.3.